The van der Waals surface area contributed by atoms with Crippen LogP contribution in [0.3, 0.4) is 0 Å². The minimum atomic E-state index is 0.00593. The predicted molar refractivity (Wildman–Crippen MR) is 140 cm³/mol. The summed E-state index contributed by atoms with van der Waals surface area (Å²) in [5.74, 6) is 0.590. The summed E-state index contributed by atoms with van der Waals surface area (Å²) in [4.78, 5) is 23.4. The molecule has 1 aliphatic rings. The van der Waals surface area contributed by atoms with Gasteiger partial charge in [0, 0.05) is 39.8 Å². The van der Waals surface area contributed by atoms with E-state index >= 15 is 0 Å². The lowest BCUT2D eigenvalue weighted by Gasteiger charge is -2.30. The Hall–Kier alpha value is -1.83. The lowest BCUT2D eigenvalue weighted by molar-refractivity contribution is 0.206. The van der Waals surface area contributed by atoms with Crippen LogP contribution in [0.15, 0.2) is 58.5 Å². The Morgan fingerprint density at radius 3 is 2.67 bits per heavy atom. The Morgan fingerprint density at radius 1 is 1.15 bits per heavy atom. The van der Waals surface area contributed by atoms with Crippen LogP contribution in [0.4, 0.5) is 0 Å². The second-order valence-corrected chi connectivity index (χ2v) is 11.3. The predicted octanol–water partition coefficient (Wildman–Crippen LogP) is 6.81. The van der Waals surface area contributed by atoms with Gasteiger partial charge in [0.1, 0.15) is 4.83 Å². The van der Waals surface area contributed by atoms with Crippen LogP contribution in [0, 0.1) is 0 Å². The number of thioether (sulfide) groups is 1. The van der Waals surface area contributed by atoms with E-state index in [1.807, 2.05) is 42.5 Å². The molecule has 3 heterocycles. The minimum absolute atomic E-state index is 0.00593. The zero-order valence-corrected chi connectivity index (χ0v) is 21.5. The molecule has 0 aliphatic carbocycles. The van der Waals surface area contributed by atoms with Crippen molar-refractivity contribution in [1.82, 2.24) is 14.5 Å². The summed E-state index contributed by atoms with van der Waals surface area (Å²) < 4.78 is 1.75. The zero-order valence-electron chi connectivity index (χ0n) is 18.3. The van der Waals surface area contributed by atoms with Gasteiger partial charge >= 0.3 is 0 Å². The van der Waals surface area contributed by atoms with Gasteiger partial charge in [0.05, 0.1) is 11.1 Å². The maximum atomic E-state index is 13.9. The standard InChI is InChI=1S/C25H23Cl2N3OS2/c1-15(2)29-11-10-19-21(13-29)33-23-22(19)24(31)30(18-6-4-3-5-7-18)25(28-23)32-14-16-8-9-17(26)12-20(16)27/h3-9,12,15H,10-11,13-14H2,1-2H3. The molecule has 4 nitrogen and oxygen atoms in total. The van der Waals surface area contributed by atoms with Gasteiger partial charge in [-0.15, -0.1) is 11.3 Å². The Bertz CT molecular complexity index is 1380. The highest BCUT2D eigenvalue weighted by Crippen LogP contribution is 2.36. The lowest BCUT2D eigenvalue weighted by Crippen LogP contribution is -2.35. The molecule has 0 bridgehead atoms. The summed E-state index contributed by atoms with van der Waals surface area (Å²) in [5.41, 5.74) is 2.96. The minimum Gasteiger partial charge on any atom is -0.296 e. The van der Waals surface area contributed by atoms with Crippen molar-refractivity contribution in [3.63, 3.8) is 0 Å². The molecule has 8 heteroatoms. The normalized spacial score (nSPS) is 14.2. The SMILES string of the molecule is CC(C)N1CCc2c(sc3nc(SCc4ccc(Cl)cc4Cl)n(-c4ccccc4)c(=O)c23)C1. The van der Waals surface area contributed by atoms with Gasteiger partial charge in [0.25, 0.3) is 5.56 Å². The molecule has 1 aliphatic heterocycles. The number of rotatable bonds is 5. The van der Waals surface area contributed by atoms with E-state index in [2.05, 4.69) is 18.7 Å². The second-order valence-electron chi connectivity index (χ2n) is 8.39. The average Bonchev–Trinajstić information content (AvgIpc) is 3.17. The molecule has 33 heavy (non-hydrogen) atoms. The van der Waals surface area contributed by atoms with Crippen LogP contribution in [0.5, 0.6) is 0 Å². The van der Waals surface area contributed by atoms with E-state index in [4.69, 9.17) is 28.2 Å². The summed E-state index contributed by atoms with van der Waals surface area (Å²) >= 11 is 15.6. The van der Waals surface area contributed by atoms with E-state index in [-0.39, 0.29) is 5.56 Å². The van der Waals surface area contributed by atoms with Crippen molar-refractivity contribution in [3.05, 3.63) is 84.9 Å². The summed E-state index contributed by atoms with van der Waals surface area (Å²) in [6.07, 6.45) is 0.881. The largest absolute Gasteiger partial charge is 0.296 e. The van der Waals surface area contributed by atoms with E-state index in [9.17, 15) is 4.79 Å². The quantitative estimate of drug-likeness (QED) is 0.216. The Kier molecular flexibility index (Phi) is 6.56. The first kappa shape index (κ1) is 22.9. The molecule has 0 N–H and O–H groups in total. The molecule has 4 aromatic rings. The number of hydrogen-bond acceptors (Lipinski definition) is 5. The van der Waals surface area contributed by atoms with Crippen molar-refractivity contribution >= 4 is 56.5 Å². The van der Waals surface area contributed by atoms with Gasteiger partial charge in [-0.2, -0.15) is 0 Å². The number of thiophene rings is 1. The van der Waals surface area contributed by atoms with Gasteiger partial charge < -0.3 is 0 Å². The second kappa shape index (κ2) is 9.43. The van der Waals surface area contributed by atoms with Crippen LogP contribution in [0.25, 0.3) is 15.9 Å². The van der Waals surface area contributed by atoms with E-state index in [1.54, 1.807) is 22.0 Å². The third-order valence-corrected chi connectivity index (χ3v) is 8.67. The summed E-state index contributed by atoms with van der Waals surface area (Å²) in [6.45, 7) is 6.28. The number of aromatic nitrogens is 2. The number of benzene rings is 2. The first-order valence-electron chi connectivity index (χ1n) is 10.9. The van der Waals surface area contributed by atoms with E-state index in [1.165, 1.54) is 22.2 Å². The van der Waals surface area contributed by atoms with E-state index < -0.39 is 0 Å². The highest BCUT2D eigenvalue weighted by Gasteiger charge is 2.26. The fourth-order valence-electron chi connectivity index (χ4n) is 4.17. The summed E-state index contributed by atoms with van der Waals surface area (Å²) in [6, 6.07) is 15.7. The Balaban J connectivity index is 1.62. The topological polar surface area (TPSA) is 38.1 Å². The van der Waals surface area contributed by atoms with Crippen molar-refractivity contribution in [2.24, 2.45) is 0 Å². The molecule has 0 spiro atoms. The number of para-hydroxylation sites is 1. The molecule has 0 saturated carbocycles. The van der Waals surface area contributed by atoms with Crippen molar-refractivity contribution in [3.8, 4) is 5.69 Å². The molecule has 2 aromatic carbocycles. The third kappa shape index (κ3) is 4.47. The molecule has 0 atom stereocenters. The van der Waals surface area contributed by atoms with Crippen LogP contribution >= 0.6 is 46.3 Å². The van der Waals surface area contributed by atoms with Gasteiger partial charge in [-0.3, -0.25) is 14.3 Å². The van der Waals surface area contributed by atoms with E-state index in [0.717, 1.165) is 41.0 Å². The maximum absolute atomic E-state index is 13.9. The first-order valence-corrected chi connectivity index (χ1v) is 13.4. The molecule has 0 saturated heterocycles. The smallest absolute Gasteiger partial charge is 0.267 e. The summed E-state index contributed by atoms with van der Waals surface area (Å²) in [7, 11) is 0. The average molecular weight is 517 g/mol. The molecule has 0 radical (unpaired) electrons. The lowest BCUT2D eigenvalue weighted by atomic mass is 10.0. The monoisotopic (exact) mass is 515 g/mol. The highest BCUT2D eigenvalue weighted by molar-refractivity contribution is 7.98. The van der Waals surface area contributed by atoms with Crippen LogP contribution in [-0.2, 0) is 18.7 Å². The summed E-state index contributed by atoms with van der Waals surface area (Å²) in [5, 5.41) is 2.67. The fourth-order valence-corrected chi connectivity index (χ4v) is 7.02. The van der Waals surface area contributed by atoms with Crippen molar-refractivity contribution in [2.45, 2.75) is 43.8 Å². The van der Waals surface area contributed by atoms with Gasteiger partial charge in [-0.25, -0.2) is 4.98 Å². The molecule has 0 fully saturated rings. The highest BCUT2D eigenvalue weighted by atomic mass is 35.5. The maximum Gasteiger partial charge on any atom is 0.267 e. The number of nitrogens with zero attached hydrogens (tertiary/aromatic N) is 3. The van der Waals surface area contributed by atoms with Gasteiger partial charge in [0.2, 0.25) is 0 Å². The van der Waals surface area contributed by atoms with E-state index in [0.29, 0.717) is 27.0 Å². The Morgan fingerprint density at radius 2 is 1.94 bits per heavy atom. The zero-order chi connectivity index (χ0) is 23.1. The fraction of sp³-hybridized carbons (Fsp3) is 0.280. The molecule has 0 unspecified atom stereocenters. The third-order valence-electron chi connectivity index (χ3n) is 5.99. The van der Waals surface area contributed by atoms with Crippen molar-refractivity contribution < 1.29 is 0 Å². The number of hydrogen-bond donors (Lipinski definition) is 0. The van der Waals surface area contributed by atoms with Crippen LogP contribution in [-0.4, -0.2) is 27.0 Å². The van der Waals surface area contributed by atoms with Gasteiger partial charge in [0.15, 0.2) is 5.16 Å². The molecule has 5 rings (SSSR count). The number of fused-ring (bicyclic) bond motifs is 3. The number of halogens is 2. The van der Waals surface area contributed by atoms with Gasteiger partial charge in [-0.1, -0.05) is 59.2 Å². The molecular formula is C25H23Cl2N3OS2. The first-order chi connectivity index (χ1) is 15.9. The Labute approximate surface area is 211 Å². The van der Waals surface area contributed by atoms with Crippen LogP contribution in [0.2, 0.25) is 10.0 Å². The van der Waals surface area contributed by atoms with Crippen molar-refractivity contribution in [2.75, 3.05) is 6.54 Å². The molecule has 2 aromatic heterocycles. The molecular weight excluding hydrogens is 493 g/mol. The van der Waals surface area contributed by atoms with Crippen LogP contribution in [0.1, 0.15) is 29.9 Å². The molecule has 0 amide bonds. The van der Waals surface area contributed by atoms with Crippen molar-refractivity contribution in [1.29, 1.82) is 0 Å². The molecule has 170 valence electrons. The van der Waals surface area contributed by atoms with Crippen LogP contribution < -0.4 is 5.56 Å². The van der Waals surface area contributed by atoms with Gasteiger partial charge in [-0.05, 0) is 55.7 Å².